The van der Waals surface area contributed by atoms with E-state index >= 15 is 0 Å². The van der Waals surface area contributed by atoms with Gasteiger partial charge in [-0.15, -0.1) is 24.0 Å². The normalized spacial score (nSPS) is 29.4. The lowest BCUT2D eigenvalue weighted by molar-refractivity contribution is 0.265. The number of likely N-dealkylation sites (tertiary alicyclic amines) is 1. The molecule has 1 aliphatic carbocycles. The van der Waals surface area contributed by atoms with Crippen LogP contribution in [0.5, 0.6) is 0 Å². The molecular formula is C19H30ClIN4. The van der Waals surface area contributed by atoms with Crippen molar-refractivity contribution < 1.29 is 0 Å². The molecule has 0 amide bonds. The summed E-state index contributed by atoms with van der Waals surface area (Å²) in [7, 11) is 1.85. The van der Waals surface area contributed by atoms with Crippen LogP contribution in [0.15, 0.2) is 29.3 Å². The van der Waals surface area contributed by atoms with E-state index in [0.717, 1.165) is 30.5 Å². The number of nitrogens with one attached hydrogen (secondary N) is 2. The Morgan fingerprint density at radius 3 is 2.56 bits per heavy atom. The Hall–Kier alpha value is -0.530. The van der Waals surface area contributed by atoms with E-state index in [1.807, 2.05) is 19.2 Å². The fraction of sp³-hybridized carbons (Fsp3) is 0.632. The minimum atomic E-state index is 0. The lowest BCUT2D eigenvalue weighted by atomic mass is 10.1. The number of halogens is 2. The molecule has 4 unspecified atom stereocenters. The SMILES string of the molecule is CN=C(NC1CN(C(C)C)CC1C)NC1CC1c1cccc(Cl)c1.I. The monoisotopic (exact) mass is 476 g/mol. The summed E-state index contributed by atoms with van der Waals surface area (Å²) < 4.78 is 0. The number of nitrogens with zero attached hydrogens (tertiary/aromatic N) is 2. The third-order valence-electron chi connectivity index (χ3n) is 5.31. The average molecular weight is 477 g/mol. The van der Waals surface area contributed by atoms with Crippen LogP contribution in [0, 0.1) is 5.92 Å². The van der Waals surface area contributed by atoms with E-state index in [-0.39, 0.29) is 24.0 Å². The van der Waals surface area contributed by atoms with E-state index in [9.17, 15) is 0 Å². The van der Waals surface area contributed by atoms with E-state index < -0.39 is 0 Å². The van der Waals surface area contributed by atoms with Crippen LogP contribution in [0.1, 0.15) is 38.7 Å². The second kappa shape index (κ2) is 8.91. The van der Waals surface area contributed by atoms with Gasteiger partial charge in [-0.05, 0) is 43.9 Å². The van der Waals surface area contributed by atoms with Crippen LogP contribution in [-0.4, -0.2) is 49.1 Å². The van der Waals surface area contributed by atoms with Gasteiger partial charge in [0.2, 0.25) is 0 Å². The molecule has 1 saturated heterocycles. The standard InChI is InChI=1S/C19H29ClN4.HI/c1-12(2)24-10-13(3)18(11-24)23-19(21-4)22-17-9-16(17)14-6-5-7-15(20)8-14;/h5-8,12-13,16-18H,9-11H2,1-4H3,(H2,21,22,23);1H. The number of rotatable bonds is 4. The molecule has 1 heterocycles. The van der Waals surface area contributed by atoms with Crippen LogP contribution in [0.2, 0.25) is 5.02 Å². The average Bonchev–Trinajstić information content (AvgIpc) is 3.21. The van der Waals surface area contributed by atoms with Crippen molar-refractivity contribution in [1.29, 1.82) is 0 Å². The van der Waals surface area contributed by atoms with Crippen molar-refractivity contribution in [2.24, 2.45) is 10.9 Å². The molecule has 140 valence electrons. The Morgan fingerprint density at radius 1 is 1.24 bits per heavy atom. The van der Waals surface area contributed by atoms with Gasteiger partial charge < -0.3 is 10.6 Å². The lowest BCUT2D eigenvalue weighted by Gasteiger charge is -2.22. The molecule has 6 heteroatoms. The van der Waals surface area contributed by atoms with Crippen LogP contribution < -0.4 is 10.6 Å². The maximum atomic E-state index is 6.10. The Labute approximate surface area is 173 Å². The molecule has 2 fully saturated rings. The summed E-state index contributed by atoms with van der Waals surface area (Å²) in [5.41, 5.74) is 1.32. The molecule has 3 rings (SSSR count). The highest BCUT2D eigenvalue weighted by molar-refractivity contribution is 14.0. The van der Waals surface area contributed by atoms with Gasteiger partial charge in [0, 0.05) is 49.2 Å². The van der Waals surface area contributed by atoms with E-state index in [2.05, 4.69) is 53.4 Å². The maximum absolute atomic E-state index is 6.10. The first-order valence-corrected chi connectivity index (χ1v) is 9.35. The van der Waals surface area contributed by atoms with Gasteiger partial charge in [0.05, 0.1) is 0 Å². The van der Waals surface area contributed by atoms with Gasteiger partial charge in [-0.1, -0.05) is 30.7 Å². The van der Waals surface area contributed by atoms with E-state index in [1.165, 1.54) is 5.56 Å². The quantitative estimate of drug-likeness (QED) is 0.395. The maximum Gasteiger partial charge on any atom is 0.191 e. The van der Waals surface area contributed by atoms with Gasteiger partial charge in [-0.3, -0.25) is 9.89 Å². The van der Waals surface area contributed by atoms with Crippen LogP contribution >= 0.6 is 35.6 Å². The third-order valence-corrected chi connectivity index (χ3v) is 5.54. The van der Waals surface area contributed by atoms with Crippen molar-refractivity contribution in [3.8, 4) is 0 Å². The van der Waals surface area contributed by atoms with E-state index in [1.54, 1.807) is 0 Å². The highest BCUT2D eigenvalue weighted by Gasteiger charge is 2.40. The lowest BCUT2D eigenvalue weighted by Crippen LogP contribution is -2.47. The summed E-state index contributed by atoms with van der Waals surface area (Å²) in [6.45, 7) is 9.09. The van der Waals surface area contributed by atoms with Crippen molar-refractivity contribution in [2.45, 2.75) is 51.2 Å². The predicted molar refractivity (Wildman–Crippen MR) is 117 cm³/mol. The molecule has 0 spiro atoms. The Morgan fingerprint density at radius 2 is 1.96 bits per heavy atom. The molecule has 2 N–H and O–H groups in total. The summed E-state index contributed by atoms with van der Waals surface area (Å²) in [6.07, 6.45) is 1.14. The molecule has 1 saturated carbocycles. The predicted octanol–water partition coefficient (Wildman–Crippen LogP) is 3.71. The highest BCUT2D eigenvalue weighted by Crippen LogP contribution is 2.41. The molecule has 25 heavy (non-hydrogen) atoms. The topological polar surface area (TPSA) is 39.7 Å². The van der Waals surface area contributed by atoms with Crippen LogP contribution in [0.3, 0.4) is 0 Å². The zero-order valence-corrected chi connectivity index (χ0v) is 18.6. The molecule has 1 aromatic carbocycles. The van der Waals surface area contributed by atoms with Crippen molar-refractivity contribution in [3.05, 3.63) is 34.9 Å². The number of benzene rings is 1. The Kier molecular flexibility index (Phi) is 7.40. The fourth-order valence-electron chi connectivity index (χ4n) is 3.60. The molecule has 2 aliphatic rings. The van der Waals surface area contributed by atoms with Gasteiger partial charge in [-0.25, -0.2) is 0 Å². The highest BCUT2D eigenvalue weighted by atomic mass is 127. The number of hydrogen-bond donors (Lipinski definition) is 2. The summed E-state index contributed by atoms with van der Waals surface area (Å²) in [5, 5.41) is 8.02. The largest absolute Gasteiger partial charge is 0.353 e. The van der Waals surface area contributed by atoms with Crippen molar-refractivity contribution in [2.75, 3.05) is 20.1 Å². The summed E-state index contributed by atoms with van der Waals surface area (Å²) in [5.74, 6) is 2.09. The van der Waals surface area contributed by atoms with Crippen molar-refractivity contribution in [1.82, 2.24) is 15.5 Å². The van der Waals surface area contributed by atoms with Crippen LogP contribution in [0.4, 0.5) is 0 Å². The van der Waals surface area contributed by atoms with Gasteiger partial charge in [0.1, 0.15) is 0 Å². The summed E-state index contributed by atoms with van der Waals surface area (Å²) in [6, 6.07) is 9.70. The van der Waals surface area contributed by atoms with Crippen LogP contribution in [-0.2, 0) is 0 Å². The van der Waals surface area contributed by atoms with Gasteiger partial charge in [0.15, 0.2) is 5.96 Å². The Balaban J connectivity index is 0.00000225. The molecule has 0 aromatic heterocycles. The summed E-state index contributed by atoms with van der Waals surface area (Å²) >= 11 is 6.10. The van der Waals surface area contributed by atoms with Crippen LogP contribution in [0.25, 0.3) is 0 Å². The first-order valence-electron chi connectivity index (χ1n) is 8.97. The minimum Gasteiger partial charge on any atom is -0.353 e. The molecule has 1 aromatic rings. The molecular weight excluding hydrogens is 447 g/mol. The van der Waals surface area contributed by atoms with Gasteiger partial charge in [0.25, 0.3) is 0 Å². The Bertz CT molecular complexity index is 607. The zero-order chi connectivity index (χ0) is 17.3. The summed E-state index contributed by atoms with van der Waals surface area (Å²) in [4.78, 5) is 6.96. The number of aliphatic imine (C=N–C) groups is 1. The molecule has 1 aliphatic heterocycles. The minimum absolute atomic E-state index is 0. The number of hydrogen-bond acceptors (Lipinski definition) is 2. The first kappa shape index (κ1) is 20.8. The third kappa shape index (κ3) is 5.23. The fourth-order valence-corrected chi connectivity index (χ4v) is 3.79. The molecule has 4 nitrogen and oxygen atoms in total. The van der Waals surface area contributed by atoms with Gasteiger partial charge >= 0.3 is 0 Å². The van der Waals surface area contributed by atoms with E-state index in [0.29, 0.717) is 30.0 Å². The van der Waals surface area contributed by atoms with Crippen molar-refractivity contribution >= 4 is 41.5 Å². The first-order chi connectivity index (χ1) is 11.5. The smallest absolute Gasteiger partial charge is 0.191 e. The zero-order valence-electron chi connectivity index (χ0n) is 15.5. The molecule has 4 atom stereocenters. The molecule has 0 bridgehead atoms. The van der Waals surface area contributed by atoms with Crippen molar-refractivity contribution in [3.63, 3.8) is 0 Å². The number of guanidine groups is 1. The van der Waals surface area contributed by atoms with Gasteiger partial charge in [-0.2, -0.15) is 0 Å². The second-order valence-electron chi connectivity index (χ2n) is 7.50. The van der Waals surface area contributed by atoms with E-state index in [4.69, 9.17) is 11.6 Å². The molecule has 0 radical (unpaired) electrons. The second-order valence-corrected chi connectivity index (χ2v) is 7.93.